The monoisotopic (exact) mass is 456 g/mol. The van der Waals surface area contributed by atoms with Gasteiger partial charge in [0.1, 0.15) is 16.7 Å². The highest BCUT2D eigenvalue weighted by molar-refractivity contribution is 7.84. The van der Waals surface area contributed by atoms with Gasteiger partial charge in [-0.25, -0.2) is 4.21 Å². The first-order valence-corrected chi connectivity index (χ1v) is 13.2. The number of hydrogen-bond donors (Lipinski definition) is 1. The van der Waals surface area contributed by atoms with Crippen molar-refractivity contribution >= 4 is 22.6 Å². The first kappa shape index (κ1) is 23.1. The molecule has 4 rings (SSSR count). The Morgan fingerprint density at radius 2 is 1.97 bits per heavy atom. The molecule has 0 aromatic heterocycles. The van der Waals surface area contributed by atoms with Crippen LogP contribution in [0, 0.1) is 23.7 Å². The fourth-order valence-electron chi connectivity index (χ4n) is 4.95. The van der Waals surface area contributed by atoms with E-state index < -0.39 is 11.0 Å². The van der Waals surface area contributed by atoms with Gasteiger partial charge in [0.25, 0.3) is 5.91 Å². The SMILES string of the molecule is C=CCC1COc2ccc3cc2N(C1)CC1CCC1C/C=C/CC(C)C(C)S(=O)NC3=O. The number of nitrogens with zero attached hydrogens (tertiary/aromatic N) is 1. The molecule has 6 unspecified atom stereocenters. The van der Waals surface area contributed by atoms with E-state index in [0.29, 0.717) is 29.9 Å². The number of hydrogen-bond acceptors (Lipinski definition) is 4. The van der Waals surface area contributed by atoms with Crippen molar-refractivity contribution in [1.29, 1.82) is 0 Å². The first-order valence-electron chi connectivity index (χ1n) is 12.0. The highest BCUT2D eigenvalue weighted by Gasteiger charge is 2.34. The maximum atomic E-state index is 12.9. The van der Waals surface area contributed by atoms with Gasteiger partial charge in [-0.1, -0.05) is 25.2 Å². The Balaban J connectivity index is 1.67. The lowest BCUT2D eigenvalue weighted by molar-refractivity contribution is 0.0982. The highest BCUT2D eigenvalue weighted by Crippen LogP contribution is 2.41. The number of nitrogens with one attached hydrogen (secondary N) is 1. The summed E-state index contributed by atoms with van der Waals surface area (Å²) in [6.07, 6.45) is 11.9. The van der Waals surface area contributed by atoms with Crippen molar-refractivity contribution in [3.8, 4) is 5.75 Å². The predicted octanol–water partition coefficient (Wildman–Crippen LogP) is 4.87. The first-order chi connectivity index (χ1) is 15.5. The van der Waals surface area contributed by atoms with E-state index in [-0.39, 0.29) is 17.1 Å². The molecule has 32 heavy (non-hydrogen) atoms. The van der Waals surface area contributed by atoms with Crippen molar-refractivity contribution in [3.05, 3.63) is 48.6 Å². The lowest BCUT2D eigenvalue weighted by Gasteiger charge is -2.41. The maximum absolute atomic E-state index is 12.9. The number of fused-ring (bicyclic) bond motifs is 2. The molecule has 174 valence electrons. The van der Waals surface area contributed by atoms with E-state index in [2.05, 4.69) is 35.3 Å². The zero-order chi connectivity index (χ0) is 22.7. The minimum Gasteiger partial charge on any atom is -0.491 e. The van der Waals surface area contributed by atoms with Gasteiger partial charge in [-0.15, -0.1) is 6.58 Å². The molecule has 1 aliphatic carbocycles. The molecule has 2 aliphatic heterocycles. The summed E-state index contributed by atoms with van der Waals surface area (Å²) < 4.78 is 21.7. The molecule has 0 spiro atoms. The van der Waals surface area contributed by atoms with Crippen molar-refractivity contribution in [1.82, 2.24) is 4.72 Å². The third-order valence-electron chi connectivity index (χ3n) is 7.49. The number of anilines is 1. The largest absolute Gasteiger partial charge is 0.491 e. The minimum absolute atomic E-state index is 0.117. The van der Waals surface area contributed by atoms with E-state index in [0.717, 1.165) is 43.8 Å². The summed E-state index contributed by atoms with van der Waals surface area (Å²) in [7, 11) is -1.43. The fraction of sp³-hybridized carbons (Fsp3) is 0.577. The summed E-state index contributed by atoms with van der Waals surface area (Å²) in [4.78, 5) is 15.4. The molecule has 0 radical (unpaired) electrons. The number of benzene rings is 1. The van der Waals surface area contributed by atoms with Crippen LogP contribution in [0.4, 0.5) is 5.69 Å². The van der Waals surface area contributed by atoms with Gasteiger partial charge in [0.05, 0.1) is 17.5 Å². The molecular formula is C26H36N2O3S. The molecule has 1 aromatic carbocycles. The molecule has 2 heterocycles. The van der Waals surface area contributed by atoms with Crippen LogP contribution in [-0.2, 0) is 11.0 Å². The summed E-state index contributed by atoms with van der Waals surface area (Å²) in [5.74, 6) is 2.50. The summed E-state index contributed by atoms with van der Waals surface area (Å²) >= 11 is 0. The molecule has 5 nitrogen and oxygen atoms in total. The number of carbonyl (C=O) groups is 1. The Hall–Kier alpha value is -2.08. The number of amides is 1. The lowest BCUT2D eigenvalue weighted by Crippen LogP contribution is -2.40. The molecule has 6 heteroatoms. The van der Waals surface area contributed by atoms with Crippen LogP contribution in [0.3, 0.4) is 0 Å². The maximum Gasteiger partial charge on any atom is 0.263 e. The molecular weight excluding hydrogens is 420 g/mol. The van der Waals surface area contributed by atoms with E-state index in [1.54, 1.807) is 6.07 Å². The Morgan fingerprint density at radius 1 is 1.19 bits per heavy atom. The van der Waals surface area contributed by atoms with Crippen LogP contribution in [0.25, 0.3) is 0 Å². The number of rotatable bonds is 2. The zero-order valence-electron chi connectivity index (χ0n) is 19.3. The Bertz CT molecular complexity index is 899. The topological polar surface area (TPSA) is 58.6 Å². The van der Waals surface area contributed by atoms with Gasteiger partial charge in [0.15, 0.2) is 0 Å². The Morgan fingerprint density at radius 3 is 2.72 bits per heavy atom. The average molecular weight is 457 g/mol. The quantitative estimate of drug-likeness (QED) is 0.645. The second-order valence-corrected chi connectivity index (χ2v) is 11.3. The van der Waals surface area contributed by atoms with Crippen LogP contribution in [0.5, 0.6) is 5.75 Å². The lowest BCUT2D eigenvalue weighted by atomic mass is 9.71. The number of carbonyl (C=O) groups excluding carboxylic acids is 1. The van der Waals surface area contributed by atoms with Gasteiger partial charge >= 0.3 is 0 Å². The molecule has 0 saturated heterocycles. The van der Waals surface area contributed by atoms with E-state index in [1.807, 2.05) is 25.1 Å². The van der Waals surface area contributed by atoms with Gasteiger partial charge in [0.2, 0.25) is 0 Å². The average Bonchev–Trinajstić information content (AvgIpc) is 2.94. The smallest absolute Gasteiger partial charge is 0.263 e. The predicted molar refractivity (Wildman–Crippen MR) is 131 cm³/mol. The summed E-state index contributed by atoms with van der Waals surface area (Å²) in [5.41, 5.74) is 1.51. The fourth-order valence-corrected chi connectivity index (χ4v) is 5.97. The molecule has 1 amide bonds. The van der Waals surface area contributed by atoms with E-state index in [4.69, 9.17) is 4.74 Å². The minimum atomic E-state index is -1.43. The third-order valence-corrected chi connectivity index (χ3v) is 9.02. The number of allylic oxidation sites excluding steroid dienone is 3. The van der Waals surface area contributed by atoms with Crippen LogP contribution in [0.15, 0.2) is 43.0 Å². The van der Waals surface area contributed by atoms with Crippen LogP contribution in [-0.4, -0.2) is 35.1 Å². The van der Waals surface area contributed by atoms with E-state index >= 15 is 0 Å². The van der Waals surface area contributed by atoms with Crippen molar-refractivity contribution in [3.63, 3.8) is 0 Å². The third kappa shape index (κ3) is 5.11. The second kappa shape index (κ2) is 10.2. The molecule has 1 aromatic rings. The Labute approximate surface area is 194 Å². The molecule has 6 atom stereocenters. The second-order valence-electron chi connectivity index (χ2n) is 9.74. The zero-order valence-corrected chi connectivity index (χ0v) is 20.1. The normalized spacial score (nSPS) is 34.2. The van der Waals surface area contributed by atoms with Crippen molar-refractivity contribution in [2.75, 3.05) is 24.6 Å². The standard InChI is InChI=1S/C26H36N2O3S/c1-4-7-20-15-28-16-23-11-10-21(23)9-6-5-8-18(2)19(3)32(30)27-26(29)22-12-13-25(31-17-20)24(28)14-22/h4-6,12-14,18-21,23H,1,7-11,15-17H2,2-3H3,(H,27,29)/b6-5+. The van der Waals surface area contributed by atoms with Gasteiger partial charge in [-0.05, 0) is 75.0 Å². The Kier molecular flexibility index (Phi) is 7.39. The van der Waals surface area contributed by atoms with Gasteiger partial charge in [-0.2, -0.15) is 0 Å². The number of ether oxygens (including phenoxy) is 1. The molecule has 1 saturated carbocycles. The molecule has 3 aliphatic rings. The summed E-state index contributed by atoms with van der Waals surface area (Å²) in [6.45, 7) is 10.5. The van der Waals surface area contributed by atoms with Crippen LogP contribution in [0.2, 0.25) is 0 Å². The summed E-state index contributed by atoms with van der Waals surface area (Å²) in [6, 6.07) is 5.60. The van der Waals surface area contributed by atoms with Gasteiger partial charge < -0.3 is 9.64 Å². The van der Waals surface area contributed by atoms with E-state index in [9.17, 15) is 9.00 Å². The van der Waals surface area contributed by atoms with Gasteiger partial charge in [0, 0.05) is 24.6 Å². The molecule has 2 bridgehead atoms. The van der Waals surface area contributed by atoms with Crippen LogP contribution < -0.4 is 14.4 Å². The van der Waals surface area contributed by atoms with E-state index in [1.165, 1.54) is 12.8 Å². The van der Waals surface area contributed by atoms with Crippen LogP contribution >= 0.6 is 0 Å². The van der Waals surface area contributed by atoms with Crippen molar-refractivity contribution < 1.29 is 13.7 Å². The van der Waals surface area contributed by atoms with Crippen molar-refractivity contribution in [2.24, 2.45) is 23.7 Å². The summed E-state index contributed by atoms with van der Waals surface area (Å²) in [5, 5.41) is -0.117. The molecule has 1 N–H and O–H groups in total. The molecule has 1 fully saturated rings. The van der Waals surface area contributed by atoms with Crippen LogP contribution in [0.1, 0.15) is 56.3 Å². The van der Waals surface area contributed by atoms with Gasteiger partial charge in [-0.3, -0.25) is 9.52 Å². The highest BCUT2D eigenvalue weighted by atomic mass is 32.2. The van der Waals surface area contributed by atoms with Crippen molar-refractivity contribution in [2.45, 2.75) is 51.2 Å².